The topological polar surface area (TPSA) is 83.4 Å². The molecule has 0 aliphatic carbocycles. The van der Waals surface area contributed by atoms with Gasteiger partial charge in [-0.3, -0.25) is 4.79 Å². The zero-order chi connectivity index (χ0) is 14.9. The van der Waals surface area contributed by atoms with Crippen LogP contribution < -0.4 is 4.90 Å². The monoisotopic (exact) mass is 295 g/mol. The second kappa shape index (κ2) is 5.33. The van der Waals surface area contributed by atoms with Gasteiger partial charge in [0.15, 0.2) is 0 Å². The first-order valence-electron chi connectivity index (χ1n) is 5.51. The summed E-state index contributed by atoms with van der Waals surface area (Å²) >= 11 is 0.873. The highest BCUT2D eigenvalue weighted by Crippen LogP contribution is 2.29. The predicted octanol–water partition coefficient (Wildman–Crippen LogP) is 1.96. The molecule has 0 aromatic carbocycles. The normalized spacial score (nSPS) is 10.3. The number of halogens is 1. The van der Waals surface area contributed by atoms with E-state index in [1.165, 1.54) is 32.3 Å². The Hall–Kier alpha value is -2.35. The van der Waals surface area contributed by atoms with Crippen LogP contribution in [0.3, 0.4) is 0 Å². The van der Waals surface area contributed by atoms with Crippen LogP contribution in [0.5, 0.6) is 0 Å². The lowest BCUT2D eigenvalue weighted by Crippen LogP contribution is -2.28. The molecule has 0 fully saturated rings. The van der Waals surface area contributed by atoms with Crippen molar-refractivity contribution in [2.45, 2.75) is 6.92 Å². The lowest BCUT2D eigenvalue weighted by Gasteiger charge is -2.15. The molecule has 8 heteroatoms. The molecular formula is C12H10FN3O3S. The van der Waals surface area contributed by atoms with Gasteiger partial charge in [-0.25, -0.2) is 9.78 Å². The minimum atomic E-state index is -1.18. The van der Waals surface area contributed by atoms with Crippen molar-refractivity contribution in [3.63, 3.8) is 0 Å². The highest BCUT2D eigenvalue weighted by molar-refractivity contribution is 7.11. The van der Waals surface area contributed by atoms with Crippen molar-refractivity contribution in [3.05, 3.63) is 41.1 Å². The molecule has 6 nitrogen and oxygen atoms in total. The van der Waals surface area contributed by atoms with Gasteiger partial charge < -0.3 is 10.0 Å². The largest absolute Gasteiger partial charge is 0.478 e. The maximum Gasteiger partial charge on any atom is 0.340 e. The van der Waals surface area contributed by atoms with Gasteiger partial charge >= 0.3 is 5.97 Å². The number of rotatable bonds is 3. The molecule has 104 valence electrons. The zero-order valence-corrected chi connectivity index (χ0v) is 11.4. The number of amides is 1. The Bertz CT molecular complexity index is 686. The van der Waals surface area contributed by atoms with Crippen LogP contribution in [0.4, 0.5) is 9.39 Å². The van der Waals surface area contributed by atoms with Gasteiger partial charge in [-0.1, -0.05) is 0 Å². The molecule has 0 bridgehead atoms. The molecule has 0 radical (unpaired) electrons. The van der Waals surface area contributed by atoms with E-state index in [1.807, 2.05) is 0 Å². The number of pyridine rings is 1. The summed E-state index contributed by atoms with van der Waals surface area (Å²) < 4.78 is 17.4. The van der Waals surface area contributed by atoms with Crippen molar-refractivity contribution in [1.29, 1.82) is 0 Å². The van der Waals surface area contributed by atoms with Crippen LogP contribution in [0.25, 0.3) is 0 Å². The van der Waals surface area contributed by atoms with Crippen molar-refractivity contribution >= 4 is 28.4 Å². The fourth-order valence-corrected chi connectivity index (χ4v) is 2.50. The number of carboxylic acid groups (broad SMARTS) is 1. The van der Waals surface area contributed by atoms with Gasteiger partial charge in [0.1, 0.15) is 10.6 Å². The van der Waals surface area contributed by atoms with E-state index in [4.69, 9.17) is 5.11 Å². The first-order valence-corrected chi connectivity index (χ1v) is 6.29. The maximum atomic E-state index is 13.5. The van der Waals surface area contributed by atoms with Crippen LogP contribution in [-0.2, 0) is 0 Å². The molecule has 0 spiro atoms. The smallest absolute Gasteiger partial charge is 0.340 e. The lowest BCUT2D eigenvalue weighted by atomic mass is 10.2. The molecule has 1 N–H and O–H groups in total. The summed E-state index contributed by atoms with van der Waals surface area (Å²) in [5.41, 5.74) is 0.0244. The highest BCUT2D eigenvalue weighted by Gasteiger charge is 2.26. The summed E-state index contributed by atoms with van der Waals surface area (Å²) in [4.78, 5) is 27.8. The van der Waals surface area contributed by atoms with Gasteiger partial charge in [-0.05, 0) is 30.6 Å². The SMILES string of the molecule is Cc1nsc(N(C)C(=O)c2cccnc2F)c1C(=O)O. The third-order valence-electron chi connectivity index (χ3n) is 2.66. The van der Waals surface area contributed by atoms with Gasteiger partial charge in [0, 0.05) is 13.2 Å². The average molecular weight is 295 g/mol. The van der Waals surface area contributed by atoms with Crippen molar-refractivity contribution in [3.8, 4) is 0 Å². The number of carbonyl (C=O) groups excluding carboxylic acids is 1. The fraction of sp³-hybridized carbons (Fsp3) is 0.167. The quantitative estimate of drug-likeness (QED) is 0.875. The molecule has 2 rings (SSSR count). The third-order valence-corrected chi connectivity index (χ3v) is 3.67. The van der Waals surface area contributed by atoms with E-state index in [0.29, 0.717) is 5.69 Å². The molecule has 1 amide bonds. The van der Waals surface area contributed by atoms with Gasteiger partial charge in [-0.15, -0.1) is 0 Å². The molecule has 0 unspecified atom stereocenters. The summed E-state index contributed by atoms with van der Waals surface area (Å²) in [5, 5.41) is 9.29. The average Bonchev–Trinajstić information content (AvgIpc) is 2.79. The number of aromatic carboxylic acids is 1. The number of aryl methyl sites for hydroxylation is 1. The molecule has 0 aliphatic rings. The van der Waals surface area contributed by atoms with Crippen molar-refractivity contribution in [1.82, 2.24) is 9.36 Å². The van der Waals surface area contributed by atoms with E-state index in [1.54, 1.807) is 0 Å². The molecular weight excluding hydrogens is 285 g/mol. The van der Waals surface area contributed by atoms with Crippen LogP contribution in [0, 0.1) is 12.9 Å². The molecule has 0 saturated carbocycles. The molecule has 0 saturated heterocycles. The van der Waals surface area contributed by atoms with Crippen molar-refractivity contribution < 1.29 is 19.1 Å². The second-order valence-electron chi connectivity index (χ2n) is 3.96. The van der Waals surface area contributed by atoms with Crippen LogP contribution >= 0.6 is 11.5 Å². The number of aromatic nitrogens is 2. The Balaban J connectivity index is 2.42. The third kappa shape index (κ3) is 2.37. The maximum absolute atomic E-state index is 13.5. The standard InChI is InChI=1S/C12H10FN3O3S/c1-6-8(12(18)19)11(20-15-6)16(2)10(17)7-4-3-5-14-9(7)13/h3-5H,1-2H3,(H,18,19). The Morgan fingerprint density at radius 3 is 2.75 bits per heavy atom. The van der Waals surface area contributed by atoms with Gasteiger partial charge in [0.05, 0.1) is 11.3 Å². The number of nitrogens with zero attached hydrogens (tertiary/aromatic N) is 3. The summed E-state index contributed by atoms with van der Waals surface area (Å²) in [6.45, 7) is 1.53. The number of carboxylic acids is 1. The van der Waals surface area contributed by atoms with Gasteiger partial charge in [0.25, 0.3) is 5.91 Å². The first-order chi connectivity index (χ1) is 9.43. The van der Waals surface area contributed by atoms with Crippen LogP contribution in [0.2, 0.25) is 0 Å². The fourth-order valence-electron chi connectivity index (χ4n) is 1.65. The number of hydrogen-bond donors (Lipinski definition) is 1. The van der Waals surface area contributed by atoms with E-state index in [-0.39, 0.29) is 16.1 Å². The second-order valence-corrected chi connectivity index (χ2v) is 4.71. The molecule has 0 atom stereocenters. The highest BCUT2D eigenvalue weighted by atomic mass is 32.1. The Kier molecular flexibility index (Phi) is 3.75. The number of anilines is 1. The van der Waals surface area contributed by atoms with E-state index < -0.39 is 17.8 Å². The Morgan fingerprint density at radius 2 is 2.15 bits per heavy atom. The van der Waals surface area contributed by atoms with Crippen molar-refractivity contribution in [2.24, 2.45) is 0 Å². The minimum absolute atomic E-state index is 0.0600. The number of carbonyl (C=O) groups is 2. The van der Waals surface area contributed by atoms with E-state index in [2.05, 4.69) is 9.36 Å². The van der Waals surface area contributed by atoms with E-state index in [9.17, 15) is 14.0 Å². The van der Waals surface area contributed by atoms with E-state index >= 15 is 0 Å². The Morgan fingerprint density at radius 1 is 1.45 bits per heavy atom. The summed E-state index contributed by atoms with van der Waals surface area (Å²) in [5.74, 6) is -2.76. The molecule has 2 heterocycles. The molecule has 20 heavy (non-hydrogen) atoms. The van der Waals surface area contributed by atoms with Crippen molar-refractivity contribution in [2.75, 3.05) is 11.9 Å². The van der Waals surface area contributed by atoms with Gasteiger partial charge in [-0.2, -0.15) is 8.76 Å². The minimum Gasteiger partial charge on any atom is -0.478 e. The summed E-state index contributed by atoms with van der Waals surface area (Å²) in [6.07, 6.45) is 1.23. The first kappa shape index (κ1) is 14.1. The lowest BCUT2D eigenvalue weighted by molar-refractivity contribution is 0.0697. The summed E-state index contributed by atoms with van der Waals surface area (Å²) in [7, 11) is 1.37. The molecule has 0 aliphatic heterocycles. The Labute approximate surface area is 117 Å². The summed E-state index contributed by atoms with van der Waals surface area (Å²) in [6, 6.07) is 2.72. The van der Waals surface area contributed by atoms with Crippen LogP contribution in [-0.4, -0.2) is 33.4 Å². The van der Waals surface area contributed by atoms with Gasteiger partial charge in [0.2, 0.25) is 5.95 Å². The van der Waals surface area contributed by atoms with Crippen LogP contribution in [0.15, 0.2) is 18.3 Å². The van der Waals surface area contributed by atoms with Crippen LogP contribution in [0.1, 0.15) is 26.4 Å². The number of hydrogen-bond acceptors (Lipinski definition) is 5. The zero-order valence-electron chi connectivity index (χ0n) is 10.6. The predicted molar refractivity (Wildman–Crippen MR) is 70.7 cm³/mol. The molecule has 2 aromatic heterocycles. The molecule has 2 aromatic rings. The van der Waals surface area contributed by atoms with E-state index in [0.717, 1.165) is 16.4 Å².